The van der Waals surface area contributed by atoms with Crippen LogP contribution in [-0.4, -0.2) is 59.4 Å². The topological polar surface area (TPSA) is 70.1 Å². The number of aliphatic hydroxyl groups is 1. The van der Waals surface area contributed by atoms with Gasteiger partial charge in [0.2, 0.25) is 0 Å². The molecule has 0 bridgehead atoms. The van der Waals surface area contributed by atoms with E-state index in [4.69, 9.17) is 16.3 Å². The van der Waals surface area contributed by atoms with Crippen molar-refractivity contribution in [2.75, 3.05) is 32.8 Å². The SMILES string of the molecule is CCOc1ccc(Cl)c(/C(O)=C2\C(=O)C(=O)N(CCN(CC)CC)C2c2ccccc2)c1. The highest BCUT2D eigenvalue weighted by molar-refractivity contribution is 6.47. The molecule has 32 heavy (non-hydrogen) atoms. The van der Waals surface area contributed by atoms with Crippen molar-refractivity contribution in [1.82, 2.24) is 9.80 Å². The fraction of sp³-hybridized carbons (Fsp3) is 0.360. The van der Waals surface area contributed by atoms with Crippen LogP contribution in [0, 0.1) is 0 Å². The second kappa shape index (κ2) is 10.7. The number of amides is 1. The highest BCUT2D eigenvalue weighted by Gasteiger charge is 2.46. The Labute approximate surface area is 194 Å². The lowest BCUT2D eigenvalue weighted by Crippen LogP contribution is -2.38. The summed E-state index contributed by atoms with van der Waals surface area (Å²) >= 11 is 6.36. The number of halogens is 1. The van der Waals surface area contributed by atoms with Crippen LogP contribution in [0.2, 0.25) is 5.02 Å². The lowest BCUT2D eigenvalue weighted by Gasteiger charge is -2.28. The van der Waals surface area contributed by atoms with Gasteiger partial charge in [-0.25, -0.2) is 0 Å². The van der Waals surface area contributed by atoms with Crippen molar-refractivity contribution >= 4 is 29.1 Å². The number of ketones is 1. The number of benzene rings is 2. The lowest BCUT2D eigenvalue weighted by atomic mass is 9.95. The van der Waals surface area contributed by atoms with Gasteiger partial charge in [-0.1, -0.05) is 55.8 Å². The molecule has 1 amide bonds. The largest absolute Gasteiger partial charge is 0.507 e. The fourth-order valence-electron chi connectivity index (χ4n) is 3.97. The average molecular weight is 457 g/mol. The number of nitrogens with zero attached hydrogens (tertiary/aromatic N) is 2. The minimum Gasteiger partial charge on any atom is -0.507 e. The van der Waals surface area contributed by atoms with Gasteiger partial charge in [0.1, 0.15) is 11.5 Å². The monoisotopic (exact) mass is 456 g/mol. The Bertz CT molecular complexity index is 1000. The smallest absolute Gasteiger partial charge is 0.295 e. The Kier molecular flexibility index (Phi) is 7.94. The first-order chi connectivity index (χ1) is 15.4. The molecule has 1 atom stereocenters. The summed E-state index contributed by atoms with van der Waals surface area (Å²) in [6, 6.07) is 13.5. The van der Waals surface area contributed by atoms with Gasteiger partial charge in [0.25, 0.3) is 11.7 Å². The van der Waals surface area contributed by atoms with E-state index in [2.05, 4.69) is 18.7 Å². The number of likely N-dealkylation sites (tertiary alicyclic amines) is 1. The van der Waals surface area contributed by atoms with Crippen LogP contribution in [0.4, 0.5) is 0 Å². The van der Waals surface area contributed by atoms with Crippen molar-refractivity contribution in [3.05, 3.63) is 70.3 Å². The third-order valence-corrected chi connectivity index (χ3v) is 6.04. The quantitative estimate of drug-likeness (QED) is 0.341. The summed E-state index contributed by atoms with van der Waals surface area (Å²) in [4.78, 5) is 29.9. The van der Waals surface area contributed by atoms with Crippen molar-refractivity contribution in [1.29, 1.82) is 0 Å². The Balaban J connectivity index is 2.11. The Morgan fingerprint density at radius 2 is 1.78 bits per heavy atom. The molecule has 3 rings (SSSR count). The number of likely N-dealkylation sites (N-methyl/N-ethyl adjacent to an activating group) is 1. The molecule has 0 saturated carbocycles. The zero-order chi connectivity index (χ0) is 23.3. The summed E-state index contributed by atoms with van der Waals surface area (Å²) in [5.74, 6) is -1.11. The third kappa shape index (κ3) is 4.81. The van der Waals surface area contributed by atoms with E-state index in [1.54, 1.807) is 23.1 Å². The van der Waals surface area contributed by atoms with Crippen LogP contribution in [0.25, 0.3) is 5.76 Å². The molecular weight excluding hydrogens is 428 g/mol. The van der Waals surface area contributed by atoms with E-state index in [1.165, 1.54) is 0 Å². The van der Waals surface area contributed by atoms with Gasteiger partial charge < -0.3 is 19.6 Å². The molecule has 1 unspecified atom stereocenters. The van der Waals surface area contributed by atoms with Gasteiger partial charge in [0, 0.05) is 18.7 Å². The van der Waals surface area contributed by atoms with Gasteiger partial charge in [-0.2, -0.15) is 0 Å². The zero-order valence-corrected chi connectivity index (χ0v) is 19.4. The van der Waals surface area contributed by atoms with Crippen LogP contribution in [0.1, 0.15) is 37.9 Å². The molecular formula is C25H29ClN2O4. The predicted molar refractivity (Wildman–Crippen MR) is 126 cm³/mol. The number of ether oxygens (including phenoxy) is 1. The minimum atomic E-state index is -0.714. The number of hydrogen-bond acceptors (Lipinski definition) is 5. The van der Waals surface area contributed by atoms with Crippen LogP contribution in [0.5, 0.6) is 5.75 Å². The van der Waals surface area contributed by atoms with E-state index in [9.17, 15) is 14.7 Å². The van der Waals surface area contributed by atoms with Crippen LogP contribution in [0.15, 0.2) is 54.1 Å². The number of aliphatic hydroxyl groups excluding tert-OH is 1. The van der Waals surface area contributed by atoms with Gasteiger partial charge in [-0.15, -0.1) is 0 Å². The number of rotatable bonds is 9. The summed E-state index contributed by atoms with van der Waals surface area (Å²) in [6.07, 6.45) is 0. The van der Waals surface area contributed by atoms with E-state index >= 15 is 0 Å². The molecule has 0 spiro atoms. The molecule has 1 fully saturated rings. The summed E-state index contributed by atoms with van der Waals surface area (Å²) in [6.45, 7) is 9.09. The molecule has 7 heteroatoms. The number of hydrogen-bond donors (Lipinski definition) is 1. The molecule has 1 N–H and O–H groups in total. The van der Waals surface area contributed by atoms with Gasteiger partial charge in [-0.3, -0.25) is 9.59 Å². The number of Topliss-reactive ketones (excluding diaryl/α,β-unsaturated/α-hetero) is 1. The molecule has 0 aliphatic carbocycles. The third-order valence-electron chi connectivity index (χ3n) is 5.71. The van der Waals surface area contributed by atoms with Gasteiger partial charge in [0.05, 0.1) is 23.2 Å². The van der Waals surface area contributed by atoms with Crippen molar-refractivity contribution in [3.8, 4) is 5.75 Å². The standard InChI is InChI=1S/C25H29ClN2O4/c1-4-27(5-2)14-15-28-22(17-10-8-7-9-11-17)21(24(30)25(28)31)23(29)19-16-18(32-6-3)12-13-20(19)26/h7-13,16,22,29H,4-6,14-15H2,1-3H3/b23-21+. The van der Waals surface area contributed by atoms with Crippen molar-refractivity contribution in [3.63, 3.8) is 0 Å². The summed E-state index contributed by atoms with van der Waals surface area (Å²) in [5.41, 5.74) is 1.06. The number of carbonyl (C=O) groups is 2. The first kappa shape index (κ1) is 23.8. The van der Waals surface area contributed by atoms with E-state index in [0.717, 1.165) is 18.7 Å². The molecule has 2 aromatic carbocycles. The molecule has 1 aliphatic heterocycles. The van der Waals surface area contributed by atoms with Crippen molar-refractivity contribution in [2.45, 2.75) is 26.8 Å². The van der Waals surface area contributed by atoms with Gasteiger partial charge in [0.15, 0.2) is 0 Å². The van der Waals surface area contributed by atoms with Crippen LogP contribution >= 0.6 is 11.6 Å². The molecule has 6 nitrogen and oxygen atoms in total. The van der Waals surface area contributed by atoms with Crippen LogP contribution in [0.3, 0.4) is 0 Å². The predicted octanol–water partition coefficient (Wildman–Crippen LogP) is 4.50. The summed E-state index contributed by atoms with van der Waals surface area (Å²) in [5, 5.41) is 11.5. The van der Waals surface area contributed by atoms with Crippen molar-refractivity contribution in [2.24, 2.45) is 0 Å². The molecule has 1 aliphatic rings. The second-order valence-electron chi connectivity index (χ2n) is 7.50. The van der Waals surface area contributed by atoms with E-state index in [0.29, 0.717) is 25.4 Å². The maximum absolute atomic E-state index is 13.1. The maximum Gasteiger partial charge on any atom is 0.295 e. The molecule has 2 aromatic rings. The van der Waals surface area contributed by atoms with Crippen molar-refractivity contribution < 1.29 is 19.4 Å². The van der Waals surface area contributed by atoms with Gasteiger partial charge in [-0.05, 0) is 43.8 Å². The Hall–Kier alpha value is -2.83. The summed E-state index contributed by atoms with van der Waals surface area (Å²) in [7, 11) is 0. The highest BCUT2D eigenvalue weighted by atomic mass is 35.5. The van der Waals surface area contributed by atoms with E-state index < -0.39 is 17.7 Å². The average Bonchev–Trinajstić information content (AvgIpc) is 3.06. The lowest BCUT2D eigenvalue weighted by molar-refractivity contribution is -0.140. The Morgan fingerprint density at radius 3 is 2.41 bits per heavy atom. The first-order valence-corrected chi connectivity index (χ1v) is 11.3. The van der Waals surface area contributed by atoms with Crippen LogP contribution in [-0.2, 0) is 9.59 Å². The van der Waals surface area contributed by atoms with Gasteiger partial charge >= 0.3 is 0 Å². The first-order valence-electron chi connectivity index (χ1n) is 10.9. The molecule has 170 valence electrons. The summed E-state index contributed by atoms with van der Waals surface area (Å²) < 4.78 is 5.52. The number of carbonyl (C=O) groups excluding carboxylic acids is 2. The minimum absolute atomic E-state index is 0.0382. The normalized spacial score (nSPS) is 17.9. The fourth-order valence-corrected chi connectivity index (χ4v) is 4.18. The van der Waals surface area contributed by atoms with Crippen LogP contribution < -0.4 is 4.74 Å². The Morgan fingerprint density at radius 1 is 1.09 bits per heavy atom. The molecule has 1 saturated heterocycles. The second-order valence-corrected chi connectivity index (χ2v) is 7.91. The zero-order valence-electron chi connectivity index (χ0n) is 18.7. The molecule has 0 radical (unpaired) electrons. The highest BCUT2D eigenvalue weighted by Crippen LogP contribution is 2.40. The molecule has 1 heterocycles. The maximum atomic E-state index is 13.1. The van der Waals surface area contributed by atoms with E-state index in [-0.39, 0.29) is 21.9 Å². The van der Waals surface area contributed by atoms with E-state index in [1.807, 2.05) is 37.3 Å². The molecule has 0 aromatic heterocycles.